The number of nitrogens with one attached hydrogen (secondary N) is 2. The fourth-order valence-electron chi connectivity index (χ4n) is 7.35. The zero-order valence-corrected chi connectivity index (χ0v) is 26.8. The van der Waals surface area contributed by atoms with Gasteiger partial charge in [0.1, 0.15) is 24.3 Å². The summed E-state index contributed by atoms with van der Waals surface area (Å²) in [4.78, 5) is 59.2. The maximum atomic E-state index is 15.2. The van der Waals surface area contributed by atoms with E-state index in [1.54, 1.807) is 4.90 Å². The van der Waals surface area contributed by atoms with Crippen LogP contribution in [0.4, 0.5) is 9.18 Å². The number of carboxylic acid groups (broad SMARTS) is 1. The van der Waals surface area contributed by atoms with Crippen molar-refractivity contribution in [1.29, 1.82) is 0 Å². The summed E-state index contributed by atoms with van der Waals surface area (Å²) in [7, 11) is 0. The molecule has 1 aromatic rings. The van der Waals surface area contributed by atoms with Crippen LogP contribution in [-0.4, -0.2) is 113 Å². The Bertz CT molecular complexity index is 1270. The lowest BCUT2D eigenvalue weighted by Crippen LogP contribution is -2.67. The van der Waals surface area contributed by atoms with Crippen LogP contribution in [0.15, 0.2) is 24.3 Å². The van der Waals surface area contributed by atoms with Gasteiger partial charge in [0.05, 0.1) is 6.04 Å². The highest BCUT2D eigenvalue weighted by Crippen LogP contribution is 2.34. The average molecular weight is 630 g/mol. The molecule has 4 amide bonds. The van der Waals surface area contributed by atoms with Gasteiger partial charge in [0.2, 0.25) is 17.7 Å². The minimum absolute atomic E-state index is 0.0957. The normalized spacial score (nSPS) is 26.8. The summed E-state index contributed by atoms with van der Waals surface area (Å²) in [5.41, 5.74) is 1.23. The fraction of sp³-hybridized carbons (Fsp3) is 0.697. The molecule has 3 fully saturated rings. The van der Waals surface area contributed by atoms with Crippen LogP contribution in [0.1, 0.15) is 70.5 Å². The Morgan fingerprint density at radius 3 is 2.51 bits per heavy atom. The van der Waals surface area contributed by atoms with Crippen molar-refractivity contribution >= 4 is 23.8 Å². The van der Waals surface area contributed by atoms with Gasteiger partial charge >= 0.3 is 6.09 Å². The number of carbonyl (C=O) groups excluding carboxylic acids is 3. The van der Waals surface area contributed by atoms with E-state index in [2.05, 4.69) is 15.5 Å². The lowest BCUT2D eigenvalue weighted by molar-refractivity contribution is -0.150. The Morgan fingerprint density at radius 2 is 1.82 bits per heavy atom. The zero-order valence-electron chi connectivity index (χ0n) is 26.8. The van der Waals surface area contributed by atoms with E-state index in [0.29, 0.717) is 39.1 Å². The molecule has 3 aliphatic heterocycles. The van der Waals surface area contributed by atoms with Crippen molar-refractivity contribution < 1.29 is 33.4 Å². The molecule has 3 N–H and O–H groups in total. The second-order valence-electron chi connectivity index (χ2n) is 14.3. The molecule has 248 valence electrons. The molecule has 0 saturated carbocycles. The summed E-state index contributed by atoms with van der Waals surface area (Å²) in [5, 5.41) is 15.8. The van der Waals surface area contributed by atoms with Crippen LogP contribution >= 0.6 is 0 Å². The van der Waals surface area contributed by atoms with Crippen LogP contribution < -0.4 is 10.6 Å². The molecule has 1 aliphatic carbocycles. The number of fused-ring (bicyclic) bond motifs is 2. The van der Waals surface area contributed by atoms with Crippen LogP contribution in [0.5, 0.6) is 0 Å². The lowest BCUT2D eigenvalue weighted by Gasteiger charge is -2.45. The molecule has 0 bridgehead atoms. The van der Waals surface area contributed by atoms with E-state index in [4.69, 9.17) is 4.74 Å². The highest BCUT2D eigenvalue weighted by atomic mass is 19.1. The first-order valence-electron chi connectivity index (χ1n) is 16.3. The fourth-order valence-corrected chi connectivity index (χ4v) is 7.35. The molecule has 0 unspecified atom stereocenters. The molecule has 3 saturated heterocycles. The molecule has 45 heavy (non-hydrogen) atoms. The molecule has 0 radical (unpaired) electrons. The van der Waals surface area contributed by atoms with Crippen molar-refractivity contribution in [2.75, 3.05) is 39.4 Å². The Balaban J connectivity index is 1.39. The summed E-state index contributed by atoms with van der Waals surface area (Å²) in [6.45, 7) is 9.70. The van der Waals surface area contributed by atoms with E-state index in [9.17, 15) is 24.3 Å². The number of alkyl halides is 1. The molecule has 0 aromatic heterocycles. The Labute approximate surface area is 264 Å². The molecule has 6 atom stereocenters. The van der Waals surface area contributed by atoms with Gasteiger partial charge in [-0.15, -0.1) is 0 Å². The number of carbonyl (C=O) groups is 4. The largest absolute Gasteiger partial charge is 0.465 e. The lowest BCUT2D eigenvalue weighted by atomic mass is 9.89. The SMILES string of the molecule is C[C@@H](C(=O)N[C@H](C(=O)N1C[C@H]2CCCN2C[C@H]1C(=O)N[C@H]1c2ccccc2C[C@@H]1F)C1CCOCC1)N(CC(C)(C)C)C(=O)O. The van der Waals surface area contributed by atoms with Gasteiger partial charge in [-0.2, -0.15) is 0 Å². The highest BCUT2D eigenvalue weighted by Gasteiger charge is 2.47. The van der Waals surface area contributed by atoms with Crippen LogP contribution in [0.25, 0.3) is 0 Å². The van der Waals surface area contributed by atoms with Crippen LogP contribution in [0, 0.1) is 11.3 Å². The van der Waals surface area contributed by atoms with E-state index in [0.717, 1.165) is 35.4 Å². The maximum Gasteiger partial charge on any atom is 0.407 e. The summed E-state index contributed by atoms with van der Waals surface area (Å²) in [6.07, 6.45) is 0.680. The van der Waals surface area contributed by atoms with Crippen molar-refractivity contribution in [1.82, 2.24) is 25.3 Å². The van der Waals surface area contributed by atoms with Gasteiger partial charge in [0.25, 0.3) is 0 Å². The summed E-state index contributed by atoms with van der Waals surface area (Å²) in [5.74, 6) is -1.58. The van der Waals surface area contributed by atoms with Gasteiger partial charge in [-0.1, -0.05) is 45.0 Å². The molecule has 4 aliphatic rings. The van der Waals surface area contributed by atoms with Gasteiger partial charge in [0, 0.05) is 45.3 Å². The number of ether oxygens (including phenoxy) is 1. The predicted molar refractivity (Wildman–Crippen MR) is 165 cm³/mol. The smallest absolute Gasteiger partial charge is 0.407 e. The third-order valence-corrected chi connectivity index (χ3v) is 9.78. The quantitative estimate of drug-likeness (QED) is 0.403. The molecule has 11 nitrogen and oxygen atoms in total. The standard InChI is InChI=1S/C33H48FN5O6/c1-20(39(32(43)44)19-33(2,3)4)29(40)35-27(21-11-14-45-15-12-21)31(42)38-17-23-9-7-13-37(23)18-26(38)30(41)36-28-24-10-6-5-8-22(24)16-25(28)34/h5-6,8,10,20-21,23,25-28H,7,9,11-19H2,1-4H3,(H,35,40)(H,36,41)(H,43,44)/t20-,23+,25-,26-,27-,28-/m0/s1. The molecule has 12 heteroatoms. The monoisotopic (exact) mass is 629 g/mol. The van der Waals surface area contributed by atoms with Gasteiger partial charge < -0.3 is 25.4 Å². The Hall–Kier alpha value is -3.25. The van der Waals surface area contributed by atoms with Crippen LogP contribution in [-0.2, 0) is 25.5 Å². The third-order valence-electron chi connectivity index (χ3n) is 9.78. The van der Waals surface area contributed by atoms with Crippen LogP contribution in [0.3, 0.4) is 0 Å². The van der Waals surface area contributed by atoms with Crippen molar-refractivity contribution in [3.63, 3.8) is 0 Å². The predicted octanol–water partition coefficient (Wildman–Crippen LogP) is 2.74. The minimum atomic E-state index is -1.26. The van der Waals surface area contributed by atoms with Gasteiger partial charge in [-0.05, 0) is 61.6 Å². The molecular weight excluding hydrogens is 581 g/mol. The number of amides is 4. The van der Waals surface area contributed by atoms with Gasteiger partial charge in [-0.3, -0.25) is 24.2 Å². The van der Waals surface area contributed by atoms with E-state index in [1.165, 1.54) is 6.92 Å². The van der Waals surface area contributed by atoms with Crippen LogP contribution in [0.2, 0.25) is 0 Å². The number of hydrogen-bond acceptors (Lipinski definition) is 6. The molecule has 0 spiro atoms. The first-order valence-corrected chi connectivity index (χ1v) is 16.3. The molecule has 1 aromatic carbocycles. The number of halogens is 1. The number of nitrogens with zero attached hydrogens (tertiary/aromatic N) is 3. The summed E-state index contributed by atoms with van der Waals surface area (Å²) < 4.78 is 20.7. The van der Waals surface area contributed by atoms with Crippen molar-refractivity contribution in [3.05, 3.63) is 35.4 Å². The van der Waals surface area contributed by atoms with E-state index < -0.39 is 48.2 Å². The Morgan fingerprint density at radius 1 is 1.11 bits per heavy atom. The first kappa shape index (κ1) is 33.1. The average Bonchev–Trinajstić information content (AvgIpc) is 3.60. The summed E-state index contributed by atoms with van der Waals surface area (Å²) in [6, 6.07) is 3.83. The first-order chi connectivity index (χ1) is 21.3. The van der Waals surface area contributed by atoms with E-state index in [-0.39, 0.29) is 36.2 Å². The zero-order chi connectivity index (χ0) is 32.5. The van der Waals surface area contributed by atoms with Crippen molar-refractivity contribution in [3.8, 4) is 0 Å². The second kappa shape index (κ2) is 13.6. The molecule has 3 heterocycles. The van der Waals surface area contributed by atoms with Gasteiger partial charge in [-0.25, -0.2) is 9.18 Å². The van der Waals surface area contributed by atoms with E-state index >= 15 is 4.39 Å². The van der Waals surface area contributed by atoms with Gasteiger partial charge in [0.15, 0.2) is 0 Å². The van der Waals surface area contributed by atoms with E-state index in [1.807, 2.05) is 45.0 Å². The summed E-state index contributed by atoms with van der Waals surface area (Å²) >= 11 is 0. The van der Waals surface area contributed by atoms with Crippen molar-refractivity contribution in [2.24, 2.45) is 11.3 Å². The highest BCUT2D eigenvalue weighted by molar-refractivity contribution is 5.94. The number of piperazine rings is 1. The molecular formula is C33H48FN5O6. The minimum Gasteiger partial charge on any atom is -0.465 e. The third kappa shape index (κ3) is 7.43. The number of benzene rings is 1. The Kier molecular flexibility index (Phi) is 10.0. The maximum absolute atomic E-state index is 15.2. The molecule has 5 rings (SSSR count). The second-order valence-corrected chi connectivity index (χ2v) is 14.3. The topological polar surface area (TPSA) is 132 Å². The number of rotatable bonds is 8. The van der Waals surface area contributed by atoms with Crippen molar-refractivity contribution in [2.45, 2.75) is 96.2 Å². The number of hydrogen-bond donors (Lipinski definition) is 3.